The van der Waals surface area contributed by atoms with E-state index in [1.54, 1.807) is 25.3 Å². The van der Waals surface area contributed by atoms with E-state index in [2.05, 4.69) is 5.16 Å². The maximum atomic E-state index is 10.9. The Morgan fingerprint density at radius 1 is 1.26 bits per heavy atom. The van der Waals surface area contributed by atoms with Gasteiger partial charge >= 0.3 is 5.97 Å². The molecule has 0 aliphatic carbocycles. The minimum Gasteiger partial charge on any atom is -0.493 e. The lowest BCUT2D eigenvalue weighted by atomic mass is 10.1. The van der Waals surface area contributed by atoms with Crippen molar-refractivity contribution in [2.24, 2.45) is 0 Å². The summed E-state index contributed by atoms with van der Waals surface area (Å²) in [5.74, 6) is -0.157. The number of aromatic nitrogens is 1. The molecule has 122 valence electrons. The molecule has 2 aromatic rings. The predicted octanol–water partition coefficient (Wildman–Crippen LogP) is 2.61. The maximum Gasteiger partial charge on any atom is 0.374 e. The Morgan fingerprint density at radius 2 is 2.04 bits per heavy atom. The van der Waals surface area contributed by atoms with Crippen LogP contribution in [0.1, 0.15) is 23.4 Å². The molecule has 0 unspecified atom stereocenters. The molecule has 1 fully saturated rings. The quantitative estimate of drug-likeness (QED) is 0.905. The van der Waals surface area contributed by atoms with Gasteiger partial charge in [0.2, 0.25) is 5.76 Å². The molecule has 0 radical (unpaired) electrons. The molecule has 3 rings (SSSR count). The molecule has 1 aromatic carbocycles. The summed E-state index contributed by atoms with van der Waals surface area (Å²) in [5, 5.41) is 12.6. The van der Waals surface area contributed by atoms with Crippen molar-refractivity contribution in [2.75, 3.05) is 20.3 Å². The summed E-state index contributed by atoms with van der Waals surface area (Å²) in [6.07, 6.45) is 1.79. The van der Waals surface area contributed by atoms with Crippen molar-refractivity contribution in [2.45, 2.75) is 18.9 Å². The fraction of sp³-hybridized carbons (Fsp3) is 0.375. The zero-order chi connectivity index (χ0) is 16.2. The van der Waals surface area contributed by atoms with Gasteiger partial charge in [-0.15, -0.1) is 0 Å². The first-order valence-electron chi connectivity index (χ1n) is 7.30. The Labute approximate surface area is 132 Å². The molecule has 1 saturated heterocycles. The second-order valence-corrected chi connectivity index (χ2v) is 5.18. The summed E-state index contributed by atoms with van der Waals surface area (Å²) in [5.41, 5.74) is 1.12. The highest BCUT2D eigenvalue weighted by molar-refractivity contribution is 5.85. The van der Waals surface area contributed by atoms with Crippen LogP contribution in [0.5, 0.6) is 11.5 Å². The first-order chi connectivity index (χ1) is 11.2. The average Bonchev–Trinajstić information content (AvgIpc) is 3.06. The molecule has 1 aliphatic heterocycles. The third-order valence-electron chi connectivity index (χ3n) is 3.64. The van der Waals surface area contributed by atoms with E-state index in [1.165, 1.54) is 6.07 Å². The van der Waals surface area contributed by atoms with Gasteiger partial charge in [-0.05, 0) is 18.2 Å². The zero-order valence-corrected chi connectivity index (χ0v) is 12.7. The van der Waals surface area contributed by atoms with E-state index in [0.29, 0.717) is 36.0 Å². The summed E-state index contributed by atoms with van der Waals surface area (Å²) < 4.78 is 21.4. The van der Waals surface area contributed by atoms with Crippen molar-refractivity contribution in [1.82, 2.24) is 5.16 Å². The molecule has 0 atom stereocenters. The van der Waals surface area contributed by atoms with Gasteiger partial charge in [0.25, 0.3) is 0 Å². The Bertz CT molecular complexity index is 690. The van der Waals surface area contributed by atoms with E-state index in [-0.39, 0.29) is 11.9 Å². The van der Waals surface area contributed by atoms with E-state index in [0.717, 1.165) is 12.8 Å². The molecule has 23 heavy (non-hydrogen) atoms. The van der Waals surface area contributed by atoms with Gasteiger partial charge in [0, 0.05) is 24.5 Å². The SMILES string of the molecule is COc1cc(-c2cc(C(=O)O)on2)ccc1OC1CCOCC1. The van der Waals surface area contributed by atoms with Gasteiger partial charge in [0.15, 0.2) is 11.5 Å². The van der Waals surface area contributed by atoms with E-state index in [9.17, 15) is 4.79 Å². The molecule has 7 nitrogen and oxygen atoms in total. The van der Waals surface area contributed by atoms with Gasteiger partial charge in [0.1, 0.15) is 11.8 Å². The molecule has 0 saturated carbocycles. The molecular weight excluding hydrogens is 302 g/mol. The van der Waals surface area contributed by atoms with Gasteiger partial charge in [-0.2, -0.15) is 0 Å². The Balaban J connectivity index is 1.82. The predicted molar refractivity (Wildman–Crippen MR) is 79.9 cm³/mol. The topological polar surface area (TPSA) is 91.0 Å². The number of nitrogens with zero attached hydrogens (tertiary/aromatic N) is 1. The summed E-state index contributed by atoms with van der Waals surface area (Å²) in [6, 6.07) is 6.70. The first kappa shape index (κ1) is 15.4. The lowest BCUT2D eigenvalue weighted by Crippen LogP contribution is -2.26. The second-order valence-electron chi connectivity index (χ2n) is 5.18. The third-order valence-corrected chi connectivity index (χ3v) is 3.64. The Morgan fingerprint density at radius 3 is 2.70 bits per heavy atom. The van der Waals surface area contributed by atoms with Crippen molar-refractivity contribution in [3.63, 3.8) is 0 Å². The molecule has 0 amide bonds. The number of rotatable bonds is 5. The van der Waals surface area contributed by atoms with Crippen molar-refractivity contribution < 1.29 is 28.6 Å². The largest absolute Gasteiger partial charge is 0.493 e. The average molecular weight is 319 g/mol. The fourth-order valence-electron chi connectivity index (χ4n) is 2.41. The highest BCUT2D eigenvalue weighted by Gasteiger charge is 2.19. The van der Waals surface area contributed by atoms with Crippen LogP contribution in [0.2, 0.25) is 0 Å². The normalized spacial score (nSPS) is 15.3. The van der Waals surface area contributed by atoms with E-state index >= 15 is 0 Å². The highest BCUT2D eigenvalue weighted by Crippen LogP contribution is 2.34. The minimum absolute atomic E-state index is 0.106. The van der Waals surface area contributed by atoms with Crippen LogP contribution in [-0.2, 0) is 4.74 Å². The number of carboxylic acids is 1. The van der Waals surface area contributed by atoms with E-state index in [1.807, 2.05) is 0 Å². The molecule has 1 aliphatic rings. The van der Waals surface area contributed by atoms with Crippen molar-refractivity contribution >= 4 is 5.97 Å². The lowest BCUT2D eigenvalue weighted by molar-refractivity contribution is 0.0245. The van der Waals surface area contributed by atoms with Crippen LogP contribution in [0.4, 0.5) is 0 Å². The zero-order valence-electron chi connectivity index (χ0n) is 12.7. The van der Waals surface area contributed by atoms with Crippen molar-refractivity contribution in [1.29, 1.82) is 0 Å². The van der Waals surface area contributed by atoms with Crippen LogP contribution < -0.4 is 9.47 Å². The van der Waals surface area contributed by atoms with Gasteiger partial charge in [-0.25, -0.2) is 4.79 Å². The molecule has 7 heteroatoms. The Kier molecular flexibility index (Phi) is 4.47. The lowest BCUT2D eigenvalue weighted by Gasteiger charge is -2.24. The molecular formula is C16H17NO6. The van der Waals surface area contributed by atoms with Crippen LogP contribution in [0.3, 0.4) is 0 Å². The van der Waals surface area contributed by atoms with Crippen molar-refractivity contribution in [3.05, 3.63) is 30.0 Å². The summed E-state index contributed by atoms with van der Waals surface area (Å²) in [7, 11) is 1.56. The Hall–Kier alpha value is -2.54. The van der Waals surface area contributed by atoms with Gasteiger partial charge < -0.3 is 23.8 Å². The number of hydrogen-bond donors (Lipinski definition) is 1. The van der Waals surface area contributed by atoms with E-state index < -0.39 is 5.97 Å². The smallest absolute Gasteiger partial charge is 0.374 e. The number of benzene rings is 1. The molecule has 1 aromatic heterocycles. The first-order valence-corrected chi connectivity index (χ1v) is 7.30. The number of ether oxygens (including phenoxy) is 3. The van der Waals surface area contributed by atoms with Crippen molar-refractivity contribution in [3.8, 4) is 22.8 Å². The number of carboxylic acid groups (broad SMARTS) is 1. The summed E-state index contributed by atoms with van der Waals surface area (Å²) >= 11 is 0. The third kappa shape index (κ3) is 3.45. The van der Waals surface area contributed by atoms with Gasteiger partial charge in [-0.3, -0.25) is 0 Å². The number of carbonyl (C=O) groups is 1. The molecule has 1 N–H and O–H groups in total. The van der Waals surface area contributed by atoms with Crippen LogP contribution in [0.15, 0.2) is 28.8 Å². The highest BCUT2D eigenvalue weighted by atomic mass is 16.5. The fourth-order valence-corrected chi connectivity index (χ4v) is 2.41. The minimum atomic E-state index is -1.16. The van der Waals surface area contributed by atoms with Crippen LogP contribution in [-0.4, -0.2) is 42.7 Å². The number of aromatic carboxylic acids is 1. The second kappa shape index (κ2) is 6.70. The summed E-state index contributed by atoms with van der Waals surface area (Å²) in [4.78, 5) is 10.9. The number of hydrogen-bond acceptors (Lipinski definition) is 6. The number of methoxy groups -OCH3 is 1. The molecule has 0 bridgehead atoms. The maximum absolute atomic E-state index is 10.9. The summed E-state index contributed by atoms with van der Waals surface area (Å²) in [6.45, 7) is 1.39. The van der Waals surface area contributed by atoms with Crippen LogP contribution >= 0.6 is 0 Å². The van der Waals surface area contributed by atoms with Crippen LogP contribution in [0, 0.1) is 0 Å². The molecule has 0 spiro atoms. The monoisotopic (exact) mass is 319 g/mol. The standard InChI is InChI=1S/C16H17NO6/c1-20-14-8-10(12-9-15(16(18)19)23-17-12)2-3-13(14)22-11-4-6-21-7-5-11/h2-3,8-9,11H,4-7H2,1H3,(H,18,19). The van der Waals surface area contributed by atoms with Gasteiger partial charge in [0.05, 0.1) is 20.3 Å². The van der Waals surface area contributed by atoms with Gasteiger partial charge in [-0.1, -0.05) is 5.16 Å². The molecule has 2 heterocycles. The van der Waals surface area contributed by atoms with E-state index in [4.69, 9.17) is 23.8 Å². The van der Waals surface area contributed by atoms with Crippen LogP contribution in [0.25, 0.3) is 11.3 Å².